The summed E-state index contributed by atoms with van der Waals surface area (Å²) in [5.74, 6) is -1.36. The van der Waals surface area contributed by atoms with E-state index in [1.165, 1.54) is 6.92 Å². The summed E-state index contributed by atoms with van der Waals surface area (Å²) in [5.41, 5.74) is 1.78. The maximum absolute atomic E-state index is 13.4. The van der Waals surface area contributed by atoms with Gasteiger partial charge in [-0.05, 0) is 37.5 Å². The molecule has 1 atom stereocenters. The second-order valence-corrected chi connectivity index (χ2v) is 4.43. The van der Waals surface area contributed by atoms with Crippen molar-refractivity contribution >= 4 is 12.0 Å². The van der Waals surface area contributed by atoms with Crippen LogP contribution in [0, 0.1) is 19.7 Å². The first-order valence-corrected chi connectivity index (χ1v) is 5.84. The van der Waals surface area contributed by atoms with Gasteiger partial charge in [-0.15, -0.1) is 0 Å². The van der Waals surface area contributed by atoms with Crippen molar-refractivity contribution in [2.75, 3.05) is 0 Å². The molecule has 0 bridgehead atoms. The molecule has 3 N–H and O–H groups in total. The number of amides is 2. The fourth-order valence-electron chi connectivity index (χ4n) is 1.63. The number of carboxylic acid groups (broad SMARTS) is 1. The molecule has 0 unspecified atom stereocenters. The zero-order chi connectivity index (χ0) is 14.6. The fourth-order valence-corrected chi connectivity index (χ4v) is 1.63. The average molecular weight is 268 g/mol. The Labute approximate surface area is 110 Å². The molecule has 0 saturated heterocycles. The second kappa shape index (κ2) is 6.17. The van der Waals surface area contributed by atoms with Gasteiger partial charge in [-0.1, -0.05) is 12.1 Å². The van der Waals surface area contributed by atoms with E-state index in [0.29, 0.717) is 11.1 Å². The van der Waals surface area contributed by atoms with Crippen LogP contribution in [0.25, 0.3) is 0 Å². The number of aryl methyl sites for hydroxylation is 2. The Bertz CT molecular complexity index is 480. The summed E-state index contributed by atoms with van der Waals surface area (Å²) >= 11 is 0. The lowest BCUT2D eigenvalue weighted by atomic mass is 10.1. The molecule has 0 saturated carbocycles. The van der Waals surface area contributed by atoms with Gasteiger partial charge in [0.1, 0.15) is 11.9 Å². The Morgan fingerprint density at radius 3 is 2.32 bits per heavy atom. The fraction of sp³-hybridized carbons (Fsp3) is 0.385. The number of carbonyl (C=O) groups is 2. The molecule has 1 aromatic carbocycles. The lowest BCUT2D eigenvalue weighted by molar-refractivity contribution is -0.138. The molecule has 6 heteroatoms. The zero-order valence-corrected chi connectivity index (χ0v) is 11.1. The molecule has 5 nitrogen and oxygen atoms in total. The summed E-state index contributed by atoms with van der Waals surface area (Å²) in [6.45, 7) is 4.88. The molecule has 19 heavy (non-hydrogen) atoms. The first-order valence-electron chi connectivity index (χ1n) is 5.84. The third-order valence-electron chi connectivity index (χ3n) is 2.67. The number of halogens is 1. The molecule has 0 radical (unpaired) electrons. The Morgan fingerprint density at radius 1 is 1.32 bits per heavy atom. The first kappa shape index (κ1) is 14.9. The summed E-state index contributed by atoms with van der Waals surface area (Å²) in [7, 11) is 0. The van der Waals surface area contributed by atoms with Crippen LogP contribution in [-0.4, -0.2) is 23.1 Å². The van der Waals surface area contributed by atoms with Gasteiger partial charge < -0.3 is 15.7 Å². The number of aliphatic carboxylic acids is 1. The molecule has 0 aliphatic carbocycles. The SMILES string of the molecule is Cc1cc(CNC(=O)N[C@@H](C)C(=O)O)cc(C)c1F. The standard InChI is InChI=1S/C13H17FN2O3/c1-7-4-10(5-8(2)11(7)14)6-15-13(19)16-9(3)12(17)18/h4-5,9H,6H2,1-3H3,(H,17,18)(H2,15,16,19)/t9-/m0/s1. The quantitative estimate of drug-likeness (QED) is 0.778. The van der Waals surface area contributed by atoms with Crippen LogP contribution in [0.15, 0.2) is 12.1 Å². The molecule has 0 aliphatic rings. The van der Waals surface area contributed by atoms with Crippen LogP contribution in [0.5, 0.6) is 0 Å². The predicted molar refractivity (Wildman–Crippen MR) is 68.3 cm³/mol. The average Bonchev–Trinajstić information content (AvgIpc) is 2.33. The van der Waals surface area contributed by atoms with E-state index in [1.807, 2.05) is 0 Å². The number of hydrogen-bond acceptors (Lipinski definition) is 2. The van der Waals surface area contributed by atoms with E-state index < -0.39 is 18.0 Å². The van der Waals surface area contributed by atoms with Gasteiger partial charge in [0.05, 0.1) is 0 Å². The smallest absolute Gasteiger partial charge is 0.325 e. The number of rotatable bonds is 4. The number of carbonyl (C=O) groups excluding carboxylic acids is 1. The number of carboxylic acids is 1. The van der Waals surface area contributed by atoms with E-state index in [1.54, 1.807) is 26.0 Å². The van der Waals surface area contributed by atoms with Crippen LogP contribution in [-0.2, 0) is 11.3 Å². The highest BCUT2D eigenvalue weighted by Crippen LogP contribution is 2.14. The van der Waals surface area contributed by atoms with Gasteiger partial charge in [0, 0.05) is 6.54 Å². The summed E-state index contributed by atoms with van der Waals surface area (Å²) in [6.07, 6.45) is 0. The van der Waals surface area contributed by atoms with Gasteiger partial charge in [0.15, 0.2) is 0 Å². The molecule has 2 amide bonds. The molecule has 1 rings (SSSR count). The molecule has 0 fully saturated rings. The molecule has 0 heterocycles. The van der Waals surface area contributed by atoms with E-state index >= 15 is 0 Å². The molecule has 1 aromatic rings. The van der Waals surface area contributed by atoms with Gasteiger partial charge in [-0.25, -0.2) is 9.18 Å². The van der Waals surface area contributed by atoms with Gasteiger partial charge in [-0.3, -0.25) is 4.79 Å². The largest absolute Gasteiger partial charge is 0.480 e. The maximum atomic E-state index is 13.4. The molecule has 104 valence electrons. The van der Waals surface area contributed by atoms with Crippen molar-refractivity contribution < 1.29 is 19.1 Å². The Balaban J connectivity index is 2.58. The van der Waals surface area contributed by atoms with Crippen molar-refractivity contribution in [3.63, 3.8) is 0 Å². The van der Waals surface area contributed by atoms with Crippen molar-refractivity contribution in [3.05, 3.63) is 34.6 Å². The number of hydrogen-bond donors (Lipinski definition) is 3. The van der Waals surface area contributed by atoms with Gasteiger partial charge in [-0.2, -0.15) is 0 Å². The highest BCUT2D eigenvalue weighted by atomic mass is 19.1. The lowest BCUT2D eigenvalue weighted by Gasteiger charge is -2.11. The van der Waals surface area contributed by atoms with Crippen LogP contribution in [0.3, 0.4) is 0 Å². The van der Waals surface area contributed by atoms with Crippen molar-refractivity contribution in [2.45, 2.75) is 33.4 Å². The maximum Gasteiger partial charge on any atom is 0.325 e. The highest BCUT2D eigenvalue weighted by molar-refractivity contribution is 5.82. The summed E-state index contributed by atoms with van der Waals surface area (Å²) in [5, 5.41) is 13.4. The number of benzene rings is 1. The molecule has 0 spiro atoms. The first-order chi connectivity index (χ1) is 8.81. The number of urea groups is 1. The predicted octanol–water partition coefficient (Wildman–Crippen LogP) is 1.71. The Kier molecular flexibility index (Phi) is 4.86. The minimum atomic E-state index is -1.11. The van der Waals surface area contributed by atoms with Crippen LogP contribution in [0.2, 0.25) is 0 Å². The Morgan fingerprint density at radius 2 is 1.84 bits per heavy atom. The summed E-state index contributed by atoms with van der Waals surface area (Å²) < 4.78 is 13.4. The van der Waals surface area contributed by atoms with Crippen molar-refractivity contribution in [3.8, 4) is 0 Å². The summed E-state index contributed by atoms with van der Waals surface area (Å²) in [4.78, 5) is 22.0. The van der Waals surface area contributed by atoms with Crippen LogP contribution in [0.1, 0.15) is 23.6 Å². The molecule has 0 aromatic heterocycles. The minimum absolute atomic E-state index is 0.208. The highest BCUT2D eigenvalue weighted by Gasteiger charge is 2.13. The van der Waals surface area contributed by atoms with Crippen molar-refractivity contribution in [1.29, 1.82) is 0 Å². The third-order valence-corrected chi connectivity index (χ3v) is 2.67. The van der Waals surface area contributed by atoms with Crippen molar-refractivity contribution in [2.24, 2.45) is 0 Å². The monoisotopic (exact) mass is 268 g/mol. The van der Waals surface area contributed by atoms with E-state index in [-0.39, 0.29) is 12.4 Å². The molecular formula is C13H17FN2O3. The van der Waals surface area contributed by atoms with E-state index in [9.17, 15) is 14.0 Å². The summed E-state index contributed by atoms with van der Waals surface area (Å²) in [6, 6.07) is 1.75. The normalized spacial score (nSPS) is 11.8. The topological polar surface area (TPSA) is 78.4 Å². The van der Waals surface area contributed by atoms with Crippen molar-refractivity contribution in [1.82, 2.24) is 10.6 Å². The van der Waals surface area contributed by atoms with Gasteiger partial charge >= 0.3 is 12.0 Å². The van der Waals surface area contributed by atoms with E-state index in [0.717, 1.165) is 5.56 Å². The van der Waals surface area contributed by atoms with Gasteiger partial charge in [0.2, 0.25) is 0 Å². The zero-order valence-electron chi connectivity index (χ0n) is 11.1. The second-order valence-electron chi connectivity index (χ2n) is 4.43. The number of nitrogens with one attached hydrogen (secondary N) is 2. The minimum Gasteiger partial charge on any atom is -0.480 e. The van der Waals surface area contributed by atoms with Crippen LogP contribution >= 0.6 is 0 Å². The molecule has 0 aliphatic heterocycles. The van der Waals surface area contributed by atoms with E-state index in [4.69, 9.17) is 5.11 Å². The Hall–Kier alpha value is -2.11. The molecular weight excluding hydrogens is 251 g/mol. The van der Waals surface area contributed by atoms with Gasteiger partial charge in [0.25, 0.3) is 0 Å². The third kappa shape index (κ3) is 4.24. The van der Waals surface area contributed by atoms with Crippen LogP contribution < -0.4 is 10.6 Å². The van der Waals surface area contributed by atoms with Crippen LogP contribution in [0.4, 0.5) is 9.18 Å². The lowest BCUT2D eigenvalue weighted by Crippen LogP contribution is -2.44. The van der Waals surface area contributed by atoms with E-state index in [2.05, 4.69) is 10.6 Å².